The number of nitrogens with zero attached hydrogens (tertiary/aromatic N) is 1. The maximum atomic E-state index is 13.2. The van der Waals surface area contributed by atoms with Gasteiger partial charge in [-0.05, 0) is 12.1 Å². The van der Waals surface area contributed by atoms with Gasteiger partial charge in [-0.1, -0.05) is 0 Å². The summed E-state index contributed by atoms with van der Waals surface area (Å²) < 4.78 is 17.9. The Labute approximate surface area is 84.6 Å². The third kappa shape index (κ3) is 2.09. The number of hydrogen-bond acceptors (Lipinski definition) is 4. The van der Waals surface area contributed by atoms with E-state index in [0.29, 0.717) is 6.29 Å². The van der Waals surface area contributed by atoms with E-state index in [-0.39, 0.29) is 17.7 Å². The van der Waals surface area contributed by atoms with Crippen molar-refractivity contribution < 1.29 is 18.8 Å². The molecule has 0 saturated heterocycles. The zero-order valence-corrected chi connectivity index (χ0v) is 7.90. The molecule has 0 aromatic heterocycles. The van der Waals surface area contributed by atoms with E-state index < -0.39 is 16.4 Å². The molecule has 5 nitrogen and oxygen atoms in total. The number of halogens is 1. The van der Waals surface area contributed by atoms with Crippen molar-refractivity contribution in [3.05, 3.63) is 33.6 Å². The molecule has 0 radical (unpaired) electrons. The normalized spacial score (nSPS) is 9.73. The fraction of sp³-hybridized carbons (Fsp3) is 0.222. The van der Waals surface area contributed by atoms with E-state index in [9.17, 15) is 19.3 Å². The summed E-state index contributed by atoms with van der Waals surface area (Å²) in [6.45, 7) is 0. The highest BCUT2D eigenvalue weighted by atomic mass is 19.1. The minimum atomic E-state index is -0.783. The number of ether oxygens (including phenoxy) is 1. The van der Waals surface area contributed by atoms with Crippen molar-refractivity contribution >= 4 is 12.0 Å². The monoisotopic (exact) mass is 213 g/mol. The Morgan fingerprint density at radius 2 is 2.27 bits per heavy atom. The molecular formula is C9H8FNO4. The molecule has 15 heavy (non-hydrogen) atoms. The maximum absolute atomic E-state index is 13.2. The molecule has 0 heterocycles. The second-order valence-corrected chi connectivity index (χ2v) is 2.70. The minimum absolute atomic E-state index is 0.0572. The van der Waals surface area contributed by atoms with E-state index in [4.69, 9.17) is 4.74 Å². The number of nitro groups is 1. The molecule has 1 rings (SSSR count). The quantitative estimate of drug-likeness (QED) is 0.431. The van der Waals surface area contributed by atoms with Crippen LogP contribution in [0.1, 0.15) is 5.56 Å². The number of carbonyl (C=O) groups excluding carboxylic acids is 1. The molecular weight excluding hydrogens is 205 g/mol. The van der Waals surface area contributed by atoms with E-state index >= 15 is 0 Å². The van der Waals surface area contributed by atoms with Crippen molar-refractivity contribution in [1.29, 1.82) is 0 Å². The first kappa shape index (κ1) is 11.1. The van der Waals surface area contributed by atoms with Crippen LogP contribution in [-0.2, 0) is 11.2 Å². The Hall–Kier alpha value is -1.98. The zero-order chi connectivity index (χ0) is 11.4. The lowest BCUT2D eigenvalue weighted by molar-refractivity contribution is -0.386. The van der Waals surface area contributed by atoms with Gasteiger partial charge in [-0.2, -0.15) is 0 Å². The molecule has 80 valence electrons. The van der Waals surface area contributed by atoms with E-state index in [2.05, 4.69) is 0 Å². The van der Waals surface area contributed by atoms with Gasteiger partial charge in [-0.15, -0.1) is 0 Å². The second-order valence-electron chi connectivity index (χ2n) is 2.70. The fourth-order valence-electron chi connectivity index (χ4n) is 1.23. The molecule has 6 heteroatoms. The van der Waals surface area contributed by atoms with E-state index in [0.717, 1.165) is 12.1 Å². The van der Waals surface area contributed by atoms with E-state index in [1.54, 1.807) is 0 Å². The largest absolute Gasteiger partial charge is 0.490 e. The van der Waals surface area contributed by atoms with Crippen LogP contribution in [-0.4, -0.2) is 18.3 Å². The number of nitro benzene ring substituents is 1. The SMILES string of the molecule is COc1ccc(F)c(CC=O)c1[N+](=O)[O-]. The molecule has 0 spiro atoms. The van der Waals surface area contributed by atoms with Crippen molar-refractivity contribution in [1.82, 2.24) is 0 Å². The number of methoxy groups -OCH3 is 1. The first-order chi connectivity index (χ1) is 7.11. The molecule has 0 aliphatic carbocycles. The Balaban J connectivity index is 3.42. The van der Waals surface area contributed by atoms with Gasteiger partial charge in [-0.3, -0.25) is 10.1 Å². The molecule has 0 aliphatic rings. The average molecular weight is 213 g/mol. The van der Waals surface area contributed by atoms with Gasteiger partial charge in [-0.25, -0.2) is 4.39 Å². The van der Waals surface area contributed by atoms with Crippen LogP contribution >= 0.6 is 0 Å². The van der Waals surface area contributed by atoms with Gasteiger partial charge >= 0.3 is 5.69 Å². The van der Waals surface area contributed by atoms with Crippen LogP contribution in [0.25, 0.3) is 0 Å². The van der Waals surface area contributed by atoms with E-state index in [1.165, 1.54) is 7.11 Å². The number of carbonyl (C=O) groups is 1. The Kier molecular flexibility index (Phi) is 3.33. The molecule has 0 atom stereocenters. The third-order valence-corrected chi connectivity index (χ3v) is 1.88. The summed E-state index contributed by atoms with van der Waals surface area (Å²) in [4.78, 5) is 20.2. The van der Waals surface area contributed by atoms with Crippen molar-refractivity contribution in [2.24, 2.45) is 0 Å². The lowest BCUT2D eigenvalue weighted by Crippen LogP contribution is -2.02. The maximum Gasteiger partial charge on any atom is 0.317 e. The molecule has 0 bridgehead atoms. The van der Waals surface area contributed by atoms with Gasteiger partial charge in [0.05, 0.1) is 17.6 Å². The molecule has 0 fully saturated rings. The van der Waals surface area contributed by atoms with Crippen LogP contribution < -0.4 is 4.74 Å². The van der Waals surface area contributed by atoms with Gasteiger partial charge in [0.2, 0.25) is 0 Å². The Morgan fingerprint density at radius 3 is 2.73 bits per heavy atom. The number of aldehydes is 1. The molecule has 0 saturated carbocycles. The standard InChI is InChI=1S/C9H8FNO4/c1-15-8-3-2-7(10)6(4-5-12)9(8)11(13)14/h2-3,5H,4H2,1H3. The predicted octanol–water partition coefficient (Wildman–Crippen LogP) is 1.48. The summed E-state index contributed by atoms with van der Waals surface area (Å²) in [5, 5.41) is 10.7. The van der Waals surface area contributed by atoms with Gasteiger partial charge in [0.15, 0.2) is 5.75 Å². The fourth-order valence-corrected chi connectivity index (χ4v) is 1.23. The van der Waals surface area contributed by atoms with Crippen LogP contribution in [0.3, 0.4) is 0 Å². The summed E-state index contributed by atoms with van der Waals surface area (Å²) in [6.07, 6.45) is 0.0597. The lowest BCUT2D eigenvalue weighted by atomic mass is 10.1. The van der Waals surface area contributed by atoms with Crippen molar-refractivity contribution in [3.8, 4) is 5.75 Å². The van der Waals surface area contributed by atoms with Crippen LogP contribution in [0.5, 0.6) is 5.75 Å². The average Bonchev–Trinajstić information content (AvgIpc) is 2.20. The number of benzene rings is 1. The summed E-state index contributed by atoms with van der Waals surface area (Å²) in [5.41, 5.74) is -0.751. The highest BCUT2D eigenvalue weighted by molar-refractivity contribution is 5.63. The zero-order valence-electron chi connectivity index (χ0n) is 7.90. The molecule has 0 aliphatic heterocycles. The predicted molar refractivity (Wildman–Crippen MR) is 49.4 cm³/mol. The third-order valence-electron chi connectivity index (χ3n) is 1.88. The highest BCUT2D eigenvalue weighted by Gasteiger charge is 2.23. The van der Waals surface area contributed by atoms with Crippen molar-refractivity contribution in [2.75, 3.05) is 7.11 Å². The summed E-state index contributed by atoms with van der Waals surface area (Å²) in [7, 11) is 1.24. The van der Waals surface area contributed by atoms with Gasteiger partial charge in [0.1, 0.15) is 12.1 Å². The van der Waals surface area contributed by atoms with E-state index in [1.807, 2.05) is 0 Å². The van der Waals surface area contributed by atoms with Crippen molar-refractivity contribution in [3.63, 3.8) is 0 Å². The van der Waals surface area contributed by atoms with Gasteiger partial charge in [0.25, 0.3) is 0 Å². The molecule has 1 aromatic carbocycles. The Morgan fingerprint density at radius 1 is 1.60 bits per heavy atom. The molecule has 0 unspecified atom stereocenters. The van der Waals surface area contributed by atoms with Crippen LogP contribution in [0, 0.1) is 15.9 Å². The smallest absolute Gasteiger partial charge is 0.317 e. The summed E-state index contributed by atoms with van der Waals surface area (Å²) >= 11 is 0. The number of hydrogen-bond donors (Lipinski definition) is 0. The molecule has 1 aromatic rings. The molecule has 0 N–H and O–H groups in total. The van der Waals surface area contributed by atoms with Crippen molar-refractivity contribution in [2.45, 2.75) is 6.42 Å². The van der Waals surface area contributed by atoms with Crippen LogP contribution in [0.15, 0.2) is 12.1 Å². The minimum Gasteiger partial charge on any atom is -0.490 e. The number of rotatable bonds is 4. The summed E-state index contributed by atoms with van der Waals surface area (Å²) in [6, 6.07) is 2.19. The van der Waals surface area contributed by atoms with Crippen LogP contribution in [0.4, 0.5) is 10.1 Å². The van der Waals surface area contributed by atoms with Gasteiger partial charge < -0.3 is 9.53 Å². The topological polar surface area (TPSA) is 69.4 Å². The van der Waals surface area contributed by atoms with Gasteiger partial charge in [0, 0.05) is 6.42 Å². The highest BCUT2D eigenvalue weighted by Crippen LogP contribution is 2.32. The first-order valence-electron chi connectivity index (χ1n) is 4.05. The lowest BCUT2D eigenvalue weighted by Gasteiger charge is -2.05. The van der Waals surface area contributed by atoms with Crippen LogP contribution in [0.2, 0.25) is 0 Å². The molecule has 0 amide bonds. The first-order valence-corrected chi connectivity index (χ1v) is 4.05. The second kappa shape index (κ2) is 4.50. The Bertz CT molecular complexity index is 405. The summed E-state index contributed by atoms with van der Waals surface area (Å²) in [5.74, 6) is -0.840.